The molecule has 0 heterocycles. The van der Waals surface area contributed by atoms with Gasteiger partial charge in [-0.1, -0.05) is 43.0 Å². The minimum absolute atomic E-state index is 0.0870. The average molecular weight is 435 g/mol. The lowest BCUT2D eigenvalue weighted by Gasteiger charge is -2.22. The first-order valence-electron chi connectivity index (χ1n) is 6.78. The smallest absolute Gasteiger partial charge is 0.230 e. The molecular weight excluding hydrogens is 415 g/mol. The Morgan fingerprint density at radius 2 is 2.00 bits per heavy atom. The van der Waals surface area contributed by atoms with E-state index in [0.717, 1.165) is 9.14 Å². The second kappa shape index (κ2) is 9.86. The molecule has 0 aromatic heterocycles. The Balaban J connectivity index is 2.63. The van der Waals surface area contributed by atoms with Crippen LogP contribution in [-0.2, 0) is 16.1 Å². The van der Waals surface area contributed by atoms with E-state index in [4.69, 9.17) is 26.8 Å². The predicted octanol–water partition coefficient (Wildman–Crippen LogP) is 4.34. The van der Waals surface area contributed by atoms with E-state index in [2.05, 4.69) is 34.2 Å². The third kappa shape index (κ3) is 6.81. The molecule has 2 N–H and O–H groups in total. The van der Waals surface area contributed by atoms with Gasteiger partial charge < -0.3 is 15.2 Å². The van der Waals surface area contributed by atoms with Crippen molar-refractivity contribution in [3.63, 3.8) is 0 Å². The molecule has 0 aliphatic rings. The third-order valence-corrected chi connectivity index (χ3v) is 3.89. The van der Waals surface area contributed by atoms with Crippen LogP contribution in [0.4, 0.5) is 0 Å². The van der Waals surface area contributed by atoms with Gasteiger partial charge in [0, 0.05) is 0 Å². The summed E-state index contributed by atoms with van der Waals surface area (Å²) in [6.07, 6.45) is 1.28. The summed E-state index contributed by atoms with van der Waals surface area (Å²) in [5, 5.41) is -0.0870. The van der Waals surface area contributed by atoms with Gasteiger partial charge in [0.2, 0.25) is 5.88 Å². The fraction of sp³-hybridized carbons (Fsp3) is 0.312. The molecule has 1 aromatic rings. The maximum Gasteiger partial charge on any atom is 0.230 e. The second-order valence-electron chi connectivity index (χ2n) is 4.62. The van der Waals surface area contributed by atoms with Crippen molar-refractivity contribution in [1.82, 2.24) is 0 Å². The zero-order chi connectivity index (χ0) is 16.5. The van der Waals surface area contributed by atoms with Crippen molar-refractivity contribution in [2.24, 2.45) is 10.7 Å². The first-order valence-corrected chi connectivity index (χ1v) is 8.23. The lowest BCUT2D eigenvalue weighted by molar-refractivity contribution is -0.0409. The molecule has 2 atom stereocenters. The molecule has 1 aromatic carbocycles. The van der Waals surface area contributed by atoms with E-state index in [0.29, 0.717) is 12.5 Å². The number of benzene rings is 1. The van der Waals surface area contributed by atoms with Gasteiger partial charge in [-0.05, 0) is 53.6 Å². The van der Waals surface area contributed by atoms with Crippen molar-refractivity contribution in [3.8, 4) is 0 Å². The predicted molar refractivity (Wildman–Crippen MR) is 100.0 cm³/mol. The quantitative estimate of drug-likeness (QED) is 0.165. The molecule has 120 valence electrons. The Hall–Kier alpha value is -1.05. The number of allylic oxidation sites excluding steroid dienone is 2. The van der Waals surface area contributed by atoms with Crippen LogP contribution >= 0.6 is 34.2 Å². The number of halogens is 2. The van der Waals surface area contributed by atoms with Gasteiger partial charge in [-0.15, -0.1) is 0 Å². The largest absolute Gasteiger partial charge is 0.471 e. The number of ether oxygens (including phenoxy) is 2. The van der Waals surface area contributed by atoms with Crippen molar-refractivity contribution in [2.75, 3.05) is 0 Å². The molecule has 22 heavy (non-hydrogen) atoms. The summed E-state index contributed by atoms with van der Waals surface area (Å²) in [6.45, 7) is 8.06. The number of nitrogens with zero attached hydrogens (tertiary/aromatic N) is 1. The highest BCUT2D eigenvalue weighted by Gasteiger charge is 2.17. The molecule has 1 rings (SSSR count). The van der Waals surface area contributed by atoms with Gasteiger partial charge in [-0.25, -0.2) is 0 Å². The van der Waals surface area contributed by atoms with Gasteiger partial charge >= 0.3 is 0 Å². The highest BCUT2D eigenvalue weighted by molar-refractivity contribution is 14.1. The van der Waals surface area contributed by atoms with Crippen LogP contribution in [0.3, 0.4) is 0 Å². The van der Waals surface area contributed by atoms with Crippen LogP contribution < -0.4 is 5.73 Å². The summed E-state index contributed by atoms with van der Waals surface area (Å²) in [5.41, 5.74) is 6.52. The van der Waals surface area contributed by atoms with Crippen molar-refractivity contribution >= 4 is 39.5 Å². The molecule has 0 radical (unpaired) electrons. The van der Waals surface area contributed by atoms with Crippen molar-refractivity contribution in [2.45, 2.75) is 32.7 Å². The molecule has 0 bridgehead atoms. The van der Waals surface area contributed by atoms with E-state index >= 15 is 0 Å². The Bertz CT molecular complexity index is 542. The summed E-state index contributed by atoms with van der Waals surface area (Å²) >= 11 is 7.69. The normalized spacial score (nSPS) is 15.7. The lowest BCUT2D eigenvalue weighted by atomic mass is 10.2. The molecule has 0 saturated heterocycles. The van der Waals surface area contributed by atoms with Crippen molar-refractivity contribution in [1.29, 1.82) is 0 Å². The summed E-state index contributed by atoms with van der Waals surface area (Å²) in [7, 11) is 0. The average Bonchev–Trinajstić information content (AvgIpc) is 2.51. The van der Waals surface area contributed by atoms with Crippen molar-refractivity contribution in [3.05, 3.63) is 58.0 Å². The van der Waals surface area contributed by atoms with Crippen LogP contribution in [-0.4, -0.2) is 17.5 Å². The first kappa shape index (κ1) is 19.0. The molecule has 0 saturated carbocycles. The van der Waals surface area contributed by atoms with Gasteiger partial charge in [-0.3, -0.25) is 0 Å². The fourth-order valence-electron chi connectivity index (χ4n) is 1.53. The first-order chi connectivity index (χ1) is 10.4. The molecule has 6 heteroatoms. The number of hydrogen-bond donors (Lipinski definition) is 1. The minimum Gasteiger partial charge on any atom is -0.471 e. The van der Waals surface area contributed by atoms with Gasteiger partial charge in [0.1, 0.15) is 6.10 Å². The van der Waals surface area contributed by atoms with E-state index in [-0.39, 0.29) is 17.5 Å². The standard InChI is InChI=1S/C16H20ClIN2O2/c1-4-14(18)15(20-16(17)19)22-12(3)11(2)21-10-13-8-6-5-7-9-13/h4-9,11-12H,1,10H2,2-3H3,(H2,19,20)/b15-14-/t11-,12-/m1/s1. The van der Waals surface area contributed by atoms with E-state index in [9.17, 15) is 0 Å². The van der Waals surface area contributed by atoms with Gasteiger partial charge in [0.15, 0.2) is 5.29 Å². The zero-order valence-corrected chi connectivity index (χ0v) is 15.5. The Kier molecular flexibility index (Phi) is 8.52. The summed E-state index contributed by atoms with van der Waals surface area (Å²) in [4.78, 5) is 3.97. The number of rotatable bonds is 8. The van der Waals surface area contributed by atoms with Gasteiger partial charge in [0.05, 0.1) is 16.3 Å². The second-order valence-corrected chi connectivity index (χ2v) is 6.17. The van der Waals surface area contributed by atoms with Crippen LogP contribution in [0.2, 0.25) is 0 Å². The van der Waals surface area contributed by atoms with Crippen LogP contribution in [0.5, 0.6) is 0 Å². The maximum atomic E-state index is 5.82. The Morgan fingerprint density at radius 3 is 2.55 bits per heavy atom. The summed E-state index contributed by atoms with van der Waals surface area (Å²) in [5.74, 6) is 0.339. The van der Waals surface area contributed by atoms with Gasteiger partial charge in [-0.2, -0.15) is 4.99 Å². The minimum atomic E-state index is -0.219. The summed E-state index contributed by atoms with van der Waals surface area (Å²) in [6, 6.07) is 9.97. The molecular formula is C16H20ClIN2O2. The number of amidine groups is 1. The van der Waals surface area contributed by atoms with Crippen LogP contribution in [0, 0.1) is 0 Å². The fourth-order valence-corrected chi connectivity index (χ4v) is 1.85. The van der Waals surface area contributed by atoms with E-state index in [1.54, 1.807) is 6.08 Å². The Labute approximate surface area is 150 Å². The van der Waals surface area contributed by atoms with E-state index in [1.165, 1.54) is 0 Å². The van der Waals surface area contributed by atoms with Crippen LogP contribution in [0.1, 0.15) is 19.4 Å². The van der Waals surface area contributed by atoms with E-state index in [1.807, 2.05) is 44.2 Å². The SMILES string of the molecule is C=C/C(I)=C(\N=C(/N)Cl)O[C@H](C)[C@@H](C)OCc1ccccc1. The topological polar surface area (TPSA) is 56.8 Å². The molecule has 0 unspecified atom stereocenters. The molecule has 0 fully saturated rings. The molecule has 0 spiro atoms. The number of aliphatic imine (C=N–C) groups is 1. The third-order valence-electron chi connectivity index (χ3n) is 2.91. The maximum absolute atomic E-state index is 5.82. The molecule has 4 nitrogen and oxygen atoms in total. The molecule has 0 aliphatic carbocycles. The monoisotopic (exact) mass is 434 g/mol. The Morgan fingerprint density at radius 1 is 1.36 bits per heavy atom. The van der Waals surface area contributed by atoms with Crippen LogP contribution in [0.25, 0.3) is 0 Å². The summed E-state index contributed by atoms with van der Waals surface area (Å²) < 4.78 is 12.3. The van der Waals surface area contributed by atoms with Gasteiger partial charge in [0.25, 0.3) is 0 Å². The highest BCUT2D eigenvalue weighted by atomic mass is 127. The number of hydrogen-bond acceptors (Lipinski definition) is 3. The molecule has 0 aliphatic heterocycles. The zero-order valence-electron chi connectivity index (χ0n) is 12.6. The number of nitrogens with two attached hydrogens (primary N) is 1. The molecule has 0 amide bonds. The highest BCUT2D eigenvalue weighted by Crippen LogP contribution is 2.20. The van der Waals surface area contributed by atoms with Crippen molar-refractivity contribution < 1.29 is 9.47 Å². The van der Waals surface area contributed by atoms with E-state index < -0.39 is 0 Å². The van der Waals surface area contributed by atoms with Crippen LogP contribution in [0.15, 0.2) is 57.4 Å². The lowest BCUT2D eigenvalue weighted by Crippen LogP contribution is -2.26.